The van der Waals surface area contributed by atoms with Crippen LogP contribution in [0.3, 0.4) is 0 Å². The number of aromatic hydroxyl groups is 1. The predicted octanol–water partition coefficient (Wildman–Crippen LogP) is 4.98. The third-order valence-corrected chi connectivity index (χ3v) is 7.05. The number of para-hydroxylation sites is 2. The van der Waals surface area contributed by atoms with Crippen LogP contribution in [0.1, 0.15) is 40.9 Å². The number of amides is 3. The Morgan fingerprint density at radius 3 is 2.40 bits per heavy atom. The van der Waals surface area contributed by atoms with Crippen molar-refractivity contribution < 1.29 is 19.5 Å². The number of benzene rings is 2. The van der Waals surface area contributed by atoms with Gasteiger partial charge in [-0.25, -0.2) is 4.90 Å². The van der Waals surface area contributed by atoms with Crippen LogP contribution in [0.5, 0.6) is 5.75 Å². The molecule has 0 fully saturated rings. The van der Waals surface area contributed by atoms with Gasteiger partial charge < -0.3 is 15.3 Å². The lowest BCUT2D eigenvalue weighted by atomic mass is 9.94. The van der Waals surface area contributed by atoms with Gasteiger partial charge in [-0.05, 0) is 54.5 Å². The largest absolute Gasteiger partial charge is 0.505 e. The Balaban J connectivity index is 1.77. The highest BCUT2D eigenvalue weighted by Gasteiger charge is 2.40. The third kappa shape index (κ3) is 4.70. The molecule has 3 aromatic rings. The zero-order chi connectivity index (χ0) is 25.1. The number of phenolic OH excluding ortho intramolecular Hbond substituents is 1. The lowest BCUT2D eigenvalue weighted by Gasteiger charge is -2.16. The second-order valence-corrected chi connectivity index (χ2v) is 9.47. The molecule has 1 aliphatic rings. The van der Waals surface area contributed by atoms with E-state index in [-0.39, 0.29) is 34.5 Å². The maximum absolute atomic E-state index is 13.6. The van der Waals surface area contributed by atoms with Crippen molar-refractivity contribution >= 4 is 40.4 Å². The molecule has 4 rings (SSSR count). The summed E-state index contributed by atoms with van der Waals surface area (Å²) in [5.41, 5.74) is 1.22. The second-order valence-electron chi connectivity index (χ2n) is 8.49. The Labute approximate surface area is 208 Å². The number of imide groups is 1. The number of nitrogens with one attached hydrogen (secondary N) is 1. The van der Waals surface area contributed by atoms with Crippen molar-refractivity contribution in [3.05, 3.63) is 87.8 Å². The van der Waals surface area contributed by atoms with E-state index in [0.29, 0.717) is 17.7 Å². The van der Waals surface area contributed by atoms with Gasteiger partial charge in [-0.15, -0.1) is 11.3 Å². The molecule has 8 heteroatoms. The van der Waals surface area contributed by atoms with Gasteiger partial charge in [-0.2, -0.15) is 0 Å². The Morgan fingerprint density at radius 2 is 1.77 bits per heavy atom. The van der Waals surface area contributed by atoms with Gasteiger partial charge in [0.15, 0.2) is 5.75 Å². The minimum absolute atomic E-state index is 0.0597. The van der Waals surface area contributed by atoms with E-state index < -0.39 is 11.8 Å². The fraction of sp³-hybridized carbons (Fsp3) is 0.222. The molecule has 35 heavy (non-hydrogen) atoms. The van der Waals surface area contributed by atoms with E-state index in [4.69, 9.17) is 0 Å². The summed E-state index contributed by atoms with van der Waals surface area (Å²) in [5, 5.41) is 15.8. The second kappa shape index (κ2) is 10.1. The summed E-state index contributed by atoms with van der Waals surface area (Å²) in [6.45, 7) is 2.05. The summed E-state index contributed by atoms with van der Waals surface area (Å²) in [7, 11) is 3.18. The summed E-state index contributed by atoms with van der Waals surface area (Å²) < 4.78 is 0. The molecule has 0 spiro atoms. The summed E-state index contributed by atoms with van der Waals surface area (Å²) in [5.74, 6) is -1.48. The average Bonchev–Trinajstić information content (AvgIpc) is 3.46. The molecule has 1 aliphatic heterocycles. The number of phenols is 1. The van der Waals surface area contributed by atoms with Crippen LogP contribution in [-0.4, -0.2) is 41.8 Å². The van der Waals surface area contributed by atoms with Crippen LogP contribution in [0.15, 0.2) is 77.3 Å². The molecule has 0 aliphatic carbocycles. The Bertz CT molecular complexity index is 1280. The van der Waals surface area contributed by atoms with Gasteiger partial charge in [-0.1, -0.05) is 37.3 Å². The van der Waals surface area contributed by atoms with Crippen LogP contribution in [0.2, 0.25) is 0 Å². The van der Waals surface area contributed by atoms with E-state index in [9.17, 15) is 19.5 Å². The maximum Gasteiger partial charge on any atom is 0.282 e. The Kier molecular flexibility index (Phi) is 7.02. The highest BCUT2D eigenvalue weighted by Crippen LogP contribution is 2.38. The molecule has 3 amide bonds. The number of thiophene rings is 1. The molecule has 180 valence electrons. The summed E-state index contributed by atoms with van der Waals surface area (Å²) in [4.78, 5) is 43.3. The normalized spacial score (nSPS) is 14.4. The quantitative estimate of drug-likeness (QED) is 0.344. The molecule has 0 unspecified atom stereocenters. The standard InChI is InChI=1S/C27H27N3O4S/c1-4-17(22-14-9-15-35-22)16-20-23(27(34)30(26(20)33)18-10-6-5-7-11-18)28-21-13-8-12-19(24(21)31)25(32)29(2)3/h5-15,17,28,31H,4,16H2,1-3H3/t17-/m0/s1. The van der Waals surface area contributed by atoms with Crippen LogP contribution in [0.4, 0.5) is 11.4 Å². The van der Waals surface area contributed by atoms with E-state index >= 15 is 0 Å². The molecular weight excluding hydrogens is 462 g/mol. The van der Waals surface area contributed by atoms with Gasteiger partial charge in [0.05, 0.1) is 16.9 Å². The average molecular weight is 490 g/mol. The zero-order valence-corrected chi connectivity index (χ0v) is 20.6. The van der Waals surface area contributed by atoms with Gasteiger partial charge >= 0.3 is 0 Å². The van der Waals surface area contributed by atoms with E-state index in [1.807, 2.05) is 23.6 Å². The van der Waals surface area contributed by atoms with E-state index in [1.165, 1.54) is 11.0 Å². The van der Waals surface area contributed by atoms with Crippen molar-refractivity contribution in [2.24, 2.45) is 0 Å². The molecule has 1 aromatic heterocycles. The fourth-order valence-corrected chi connectivity index (χ4v) is 5.03. The maximum atomic E-state index is 13.6. The minimum atomic E-state index is -0.499. The van der Waals surface area contributed by atoms with Crippen molar-refractivity contribution in [2.75, 3.05) is 24.3 Å². The molecule has 2 heterocycles. The van der Waals surface area contributed by atoms with Crippen LogP contribution < -0.4 is 10.2 Å². The van der Waals surface area contributed by atoms with E-state index in [2.05, 4.69) is 12.2 Å². The number of rotatable bonds is 8. The molecule has 7 nitrogen and oxygen atoms in total. The van der Waals surface area contributed by atoms with Crippen LogP contribution in [0.25, 0.3) is 0 Å². The zero-order valence-electron chi connectivity index (χ0n) is 19.8. The highest BCUT2D eigenvalue weighted by molar-refractivity contribution is 7.10. The number of anilines is 2. The van der Waals surface area contributed by atoms with Gasteiger partial charge in [0.25, 0.3) is 17.7 Å². The monoisotopic (exact) mass is 489 g/mol. The Hall–Kier alpha value is -3.91. The van der Waals surface area contributed by atoms with Crippen LogP contribution in [0, 0.1) is 0 Å². The molecule has 2 aromatic carbocycles. The first-order valence-electron chi connectivity index (χ1n) is 11.3. The lowest BCUT2D eigenvalue weighted by Crippen LogP contribution is -2.32. The van der Waals surface area contributed by atoms with Crippen LogP contribution >= 0.6 is 11.3 Å². The molecule has 0 bridgehead atoms. The van der Waals surface area contributed by atoms with Crippen molar-refractivity contribution in [3.63, 3.8) is 0 Å². The summed E-state index contributed by atoms with van der Waals surface area (Å²) in [6, 6.07) is 17.5. The first-order valence-corrected chi connectivity index (χ1v) is 12.2. The molecule has 0 saturated heterocycles. The number of carbonyl (C=O) groups is 3. The van der Waals surface area contributed by atoms with Crippen LogP contribution in [-0.2, 0) is 9.59 Å². The molecule has 1 atom stereocenters. The minimum Gasteiger partial charge on any atom is -0.505 e. The van der Waals surface area contributed by atoms with Gasteiger partial charge in [0, 0.05) is 24.5 Å². The highest BCUT2D eigenvalue weighted by atomic mass is 32.1. The van der Waals surface area contributed by atoms with Crippen molar-refractivity contribution in [2.45, 2.75) is 25.7 Å². The summed E-state index contributed by atoms with van der Waals surface area (Å²) in [6.07, 6.45) is 1.16. The first kappa shape index (κ1) is 24.2. The molecular formula is C27H27N3O4S. The van der Waals surface area contributed by atoms with Gasteiger partial charge in [0.2, 0.25) is 0 Å². The number of hydrogen-bond acceptors (Lipinski definition) is 6. The lowest BCUT2D eigenvalue weighted by molar-refractivity contribution is -0.120. The topological polar surface area (TPSA) is 90.0 Å². The SMILES string of the molecule is CC[C@@H](CC1=C(Nc2cccc(C(=O)N(C)C)c2O)C(=O)N(c2ccccc2)C1=O)c1cccs1. The summed E-state index contributed by atoms with van der Waals surface area (Å²) >= 11 is 1.62. The van der Waals surface area contributed by atoms with Crippen molar-refractivity contribution in [3.8, 4) is 5.75 Å². The third-order valence-electron chi connectivity index (χ3n) is 6.02. The van der Waals surface area contributed by atoms with Gasteiger partial charge in [0.1, 0.15) is 5.70 Å². The molecule has 0 saturated carbocycles. The molecule has 0 radical (unpaired) electrons. The van der Waals surface area contributed by atoms with E-state index in [1.54, 1.807) is 61.8 Å². The smallest absolute Gasteiger partial charge is 0.282 e. The number of nitrogens with zero attached hydrogens (tertiary/aromatic N) is 2. The first-order chi connectivity index (χ1) is 16.8. The number of hydrogen-bond donors (Lipinski definition) is 2. The molecule has 2 N–H and O–H groups in total. The van der Waals surface area contributed by atoms with Crippen molar-refractivity contribution in [1.82, 2.24) is 4.90 Å². The number of carbonyl (C=O) groups excluding carboxylic acids is 3. The fourth-order valence-electron chi connectivity index (χ4n) is 4.11. The predicted molar refractivity (Wildman–Crippen MR) is 138 cm³/mol. The van der Waals surface area contributed by atoms with Gasteiger partial charge in [-0.3, -0.25) is 14.4 Å². The van der Waals surface area contributed by atoms with E-state index in [0.717, 1.165) is 16.2 Å². The van der Waals surface area contributed by atoms with Crippen molar-refractivity contribution in [1.29, 1.82) is 0 Å². The Morgan fingerprint density at radius 1 is 1.03 bits per heavy atom.